The Kier molecular flexibility index (Phi) is 9.70. The second-order valence-corrected chi connectivity index (χ2v) is 14.4. The van der Waals surface area contributed by atoms with Crippen LogP contribution in [0.3, 0.4) is 0 Å². The zero-order valence-corrected chi connectivity index (χ0v) is 28.8. The van der Waals surface area contributed by atoms with Crippen LogP contribution in [0.2, 0.25) is 0 Å². The molecule has 12 heteroatoms. The van der Waals surface area contributed by atoms with E-state index < -0.39 is 12.0 Å². The summed E-state index contributed by atoms with van der Waals surface area (Å²) in [6, 6.07) is 5.98. The number of amides is 1. The van der Waals surface area contributed by atoms with Crippen LogP contribution in [0.25, 0.3) is 0 Å². The second-order valence-electron chi connectivity index (χ2n) is 14.4. The molecule has 2 aromatic heterocycles. The van der Waals surface area contributed by atoms with E-state index in [9.17, 15) is 13.6 Å². The van der Waals surface area contributed by atoms with Crippen LogP contribution in [-0.2, 0) is 13.0 Å². The normalized spacial score (nSPS) is 20.6. The van der Waals surface area contributed by atoms with E-state index in [1.165, 1.54) is 30.1 Å². The van der Waals surface area contributed by atoms with Crippen molar-refractivity contribution in [2.45, 2.75) is 77.7 Å². The number of nitrogens with zero attached hydrogens (tertiary/aromatic N) is 7. The highest BCUT2D eigenvalue weighted by molar-refractivity contribution is 5.97. The van der Waals surface area contributed by atoms with Gasteiger partial charge in [0, 0.05) is 81.1 Å². The average molecular weight is 676 g/mol. The number of likely N-dealkylation sites (tertiary alicyclic amines) is 1. The summed E-state index contributed by atoms with van der Waals surface area (Å²) >= 11 is 0. The maximum Gasteiger partial charge on any atom is 0.257 e. The average Bonchev–Trinajstić information content (AvgIpc) is 3.47. The molecule has 1 atom stereocenters. The van der Waals surface area contributed by atoms with Crippen LogP contribution >= 0.6 is 0 Å². The number of carbonyl (C=O) groups is 1. The number of carbonyl (C=O) groups excluding carboxylic acids is 1. The van der Waals surface area contributed by atoms with E-state index in [2.05, 4.69) is 29.7 Å². The van der Waals surface area contributed by atoms with Crippen molar-refractivity contribution in [3.8, 4) is 17.2 Å². The van der Waals surface area contributed by atoms with Crippen molar-refractivity contribution in [1.29, 1.82) is 0 Å². The first-order chi connectivity index (χ1) is 23.7. The van der Waals surface area contributed by atoms with Crippen molar-refractivity contribution in [2.75, 3.05) is 57.3 Å². The van der Waals surface area contributed by atoms with Gasteiger partial charge in [-0.3, -0.25) is 14.7 Å². The van der Waals surface area contributed by atoms with Gasteiger partial charge in [-0.05, 0) is 83.8 Å². The van der Waals surface area contributed by atoms with E-state index in [0.29, 0.717) is 31.1 Å². The Morgan fingerprint density at radius 2 is 1.90 bits per heavy atom. The lowest BCUT2D eigenvalue weighted by atomic mass is 9.61. The molecular formula is C37H47F2N7O3. The van der Waals surface area contributed by atoms with Gasteiger partial charge in [0.25, 0.3) is 5.91 Å². The quantitative estimate of drug-likeness (QED) is 0.247. The van der Waals surface area contributed by atoms with Crippen LogP contribution in [0.1, 0.15) is 68.1 Å². The van der Waals surface area contributed by atoms with E-state index in [4.69, 9.17) is 9.47 Å². The fraction of sp³-hybridized carbons (Fsp3) is 0.568. The van der Waals surface area contributed by atoms with E-state index in [1.807, 2.05) is 33.0 Å². The number of fused-ring (bicyclic) bond motifs is 1. The van der Waals surface area contributed by atoms with Crippen molar-refractivity contribution in [3.63, 3.8) is 0 Å². The van der Waals surface area contributed by atoms with Gasteiger partial charge in [0.1, 0.15) is 35.9 Å². The van der Waals surface area contributed by atoms with Crippen molar-refractivity contribution in [2.24, 2.45) is 5.41 Å². The van der Waals surface area contributed by atoms with E-state index in [1.54, 1.807) is 11.1 Å². The molecular weight excluding hydrogens is 628 g/mol. The van der Waals surface area contributed by atoms with Crippen LogP contribution in [0.5, 0.6) is 17.2 Å². The molecule has 3 aromatic rings. The first kappa shape index (κ1) is 33.6. The maximum atomic E-state index is 14.3. The number of halogens is 2. The number of hydrogen-bond donors (Lipinski definition) is 0. The van der Waals surface area contributed by atoms with Gasteiger partial charge in [0.05, 0.1) is 11.8 Å². The van der Waals surface area contributed by atoms with Gasteiger partial charge in [-0.15, -0.1) is 0 Å². The van der Waals surface area contributed by atoms with Gasteiger partial charge in [-0.25, -0.2) is 18.7 Å². The third kappa shape index (κ3) is 7.21. The molecule has 1 aliphatic carbocycles. The van der Waals surface area contributed by atoms with Crippen LogP contribution in [0.15, 0.2) is 43.0 Å². The maximum absolute atomic E-state index is 14.3. The number of pyridine rings is 1. The van der Waals surface area contributed by atoms with Crippen LogP contribution in [0.4, 0.5) is 14.6 Å². The third-order valence-electron chi connectivity index (χ3n) is 10.6. The Balaban J connectivity index is 0.947. The third-order valence-corrected chi connectivity index (χ3v) is 10.6. The zero-order valence-electron chi connectivity index (χ0n) is 28.8. The number of ether oxygens (including phenoxy) is 2. The molecule has 5 heterocycles. The first-order valence-corrected chi connectivity index (χ1v) is 17.8. The van der Waals surface area contributed by atoms with Crippen LogP contribution in [-0.4, -0.2) is 106 Å². The van der Waals surface area contributed by atoms with Gasteiger partial charge >= 0.3 is 0 Å². The minimum absolute atomic E-state index is 0.0428. The van der Waals surface area contributed by atoms with Crippen molar-refractivity contribution in [3.05, 3.63) is 65.6 Å². The SMILES string of the molecule is CCN(C(=O)c1cc(F)ccc1Oc1cncnc1N1CC2(CC(Oc3ccnc4c3CN(CCCN3CC[C@@H](F)C3)CC4)C2)C1)C(C)C. The molecule has 1 saturated carbocycles. The predicted octanol–water partition coefficient (Wildman–Crippen LogP) is 5.51. The summed E-state index contributed by atoms with van der Waals surface area (Å²) in [5.74, 6) is 1.52. The second kappa shape index (κ2) is 14.1. The van der Waals surface area contributed by atoms with Crippen LogP contribution in [0, 0.1) is 11.2 Å². The molecule has 4 aliphatic rings. The molecule has 262 valence electrons. The first-order valence-electron chi connectivity index (χ1n) is 17.8. The number of anilines is 1. The molecule has 0 bridgehead atoms. The Morgan fingerprint density at radius 3 is 2.65 bits per heavy atom. The topological polar surface area (TPSA) is 87.2 Å². The molecule has 2 saturated heterocycles. The summed E-state index contributed by atoms with van der Waals surface area (Å²) in [6.07, 6.45) is 8.96. The van der Waals surface area contributed by atoms with E-state index >= 15 is 0 Å². The van der Waals surface area contributed by atoms with E-state index in [-0.39, 0.29) is 34.8 Å². The number of rotatable bonds is 12. The van der Waals surface area contributed by atoms with Gasteiger partial charge in [0.15, 0.2) is 11.6 Å². The lowest BCUT2D eigenvalue weighted by molar-refractivity contribution is -0.0352. The van der Waals surface area contributed by atoms with Gasteiger partial charge in [-0.2, -0.15) is 0 Å². The molecule has 3 aliphatic heterocycles. The fourth-order valence-corrected chi connectivity index (χ4v) is 8.01. The molecule has 1 amide bonds. The van der Waals surface area contributed by atoms with Gasteiger partial charge < -0.3 is 24.2 Å². The monoisotopic (exact) mass is 675 g/mol. The molecule has 10 nitrogen and oxygen atoms in total. The molecule has 49 heavy (non-hydrogen) atoms. The Morgan fingerprint density at radius 1 is 1.08 bits per heavy atom. The molecule has 1 aromatic carbocycles. The number of benzene rings is 1. The predicted molar refractivity (Wildman–Crippen MR) is 182 cm³/mol. The van der Waals surface area contributed by atoms with Crippen LogP contribution < -0.4 is 14.4 Å². The van der Waals surface area contributed by atoms with Gasteiger partial charge in [0.2, 0.25) is 0 Å². The minimum Gasteiger partial charge on any atom is -0.490 e. The standard InChI is InChI=1S/C37H47F2N7O3/c1-4-46(25(2)3)36(47)29-16-26(38)6-7-32(29)49-34-19-40-24-42-35(34)45-22-37(23-45)17-28(18-37)48-33-8-11-41-31-10-15-44(21-30(31)33)13-5-12-43-14-9-27(39)20-43/h6-8,11,16,19,24-25,27-28H,4-5,9-10,12-15,17-18,20-23H2,1-3H3/t27-/m1/s1. The largest absolute Gasteiger partial charge is 0.490 e. The Bertz CT molecular complexity index is 1640. The highest BCUT2D eigenvalue weighted by Gasteiger charge is 2.54. The zero-order chi connectivity index (χ0) is 34.1. The Hall–Kier alpha value is -3.90. The minimum atomic E-state index is -0.665. The lowest BCUT2D eigenvalue weighted by Gasteiger charge is -2.59. The highest BCUT2D eigenvalue weighted by Crippen LogP contribution is 2.52. The fourth-order valence-electron chi connectivity index (χ4n) is 8.01. The summed E-state index contributed by atoms with van der Waals surface area (Å²) in [5.41, 5.74) is 2.65. The van der Waals surface area contributed by atoms with Gasteiger partial charge in [-0.1, -0.05) is 0 Å². The molecule has 0 radical (unpaired) electrons. The molecule has 0 unspecified atom stereocenters. The summed E-state index contributed by atoms with van der Waals surface area (Å²) in [6.45, 7) is 13.1. The smallest absolute Gasteiger partial charge is 0.257 e. The molecule has 3 fully saturated rings. The highest BCUT2D eigenvalue weighted by atomic mass is 19.1. The summed E-state index contributed by atoms with van der Waals surface area (Å²) in [5, 5.41) is 0. The number of hydrogen-bond acceptors (Lipinski definition) is 9. The lowest BCUT2D eigenvalue weighted by Crippen LogP contribution is -2.65. The summed E-state index contributed by atoms with van der Waals surface area (Å²) in [7, 11) is 0. The van der Waals surface area contributed by atoms with E-state index in [0.717, 1.165) is 82.9 Å². The number of aromatic nitrogens is 3. The number of alkyl halides is 1. The molecule has 1 spiro atoms. The van der Waals surface area contributed by atoms with Crippen molar-refractivity contribution in [1.82, 2.24) is 29.7 Å². The van der Waals surface area contributed by atoms with Crippen molar-refractivity contribution < 1.29 is 23.0 Å². The molecule has 0 N–H and O–H groups in total. The summed E-state index contributed by atoms with van der Waals surface area (Å²) < 4.78 is 40.7. The Labute approximate surface area is 287 Å². The van der Waals surface area contributed by atoms with Crippen molar-refractivity contribution >= 4 is 11.7 Å². The molecule has 7 rings (SSSR count). The summed E-state index contributed by atoms with van der Waals surface area (Å²) in [4.78, 5) is 35.3.